The predicted octanol–water partition coefficient (Wildman–Crippen LogP) is 9.52. The molecule has 0 fully saturated rings. The maximum Gasteiger partial charge on any atom is 0.286 e. The molecule has 47 heavy (non-hydrogen) atoms. The Morgan fingerprint density at radius 3 is 2.43 bits per heavy atom. The number of allylic oxidation sites excluding steroid dienone is 8. The summed E-state index contributed by atoms with van der Waals surface area (Å²) in [6.07, 6.45) is 13.9. The van der Waals surface area contributed by atoms with E-state index in [1.54, 1.807) is 0 Å². The van der Waals surface area contributed by atoms with Crippen molar-refractivity contribution in [2.45, 2.75) is 110 Å². The zero-order valence-corrected chi connectivity index (χ0v) is 29.6. The van der Waals surface area contributed by atoms with Gasteiger partial charge in [-0.3, -0.25) is 4.99 Å². The average molecular weight is 627 g/mol. The van der Waals surface area contributed by atoms with Crippen LogP contribution in [0, 0.1) is 11.3 Å². The topological polar surface area (TPSA) is 53.9 Å². The SMILES string of the molecule is CC1=C2C(=C(C)C3(C)C(C4C=CCCC4)=Nc4ccccc4C13)C1=C(C[C@](C)(BOC(C)(C)C(C)(C)O)C=C1)NC2c1ccccc1. The van der Waals surface area contributed by atoms with E-state index in [0.717, 1.165) is 24.9 Å². The third-order valence-electron chi connectivity index (χ3n) is 12.3. The van der Waals surface area contributed by atoms with Crippen molar-refractivity contribution in [3.63, 3.8) is 0 Å². The highest BCUT2D eigenvalue weighted by Gasteiger charge is 2.53. The van der Waals surface area contributed by atoms with E-state index < -0.39 is 11.2 Å². The number of hydrogen-bond donors (Lipinski definition) is 2. The summed E-state index contributed by atoms with van der Waals surface area (Å²) in [5.74, 6) is 0.557. The van der Waals surface area contributed by atoms with Crippen LogP contribution in [-0.4, -0.2) is 29.5 Å². The minimum Gasteiger partial charge on any atom is -0.431 e. The lowest BCUT2D eigenvalue weighted by atomic mass is 9.52. The van der Waals surface area contributed by atoms with Gasteiger partial charge in [0.1, 0.15) is 0 Å². The molecule has 5 heteroatoms. The highest BCUT2D eigenvalue weighted by molar-refractivity contribution is 6.33. The zero-order valence-electron chi connectivity index (χ0n) is 29.6. The smallest absolute Gasteiger partial charge is 0.286 e. The molecule has 4 unspecified atom stereocenters. The van der Waals surface area contributed by atoms with Crippen molar-refractivity contribution < 1.29 is 9.76 Å². The molecule has 2 N–H and O–H groups in total. The first-order valence-corrected chi connectivity index (χ1v) is 17.6. The molecule has 2 aromatic carbocycles. The Balaban J connectivity index is 1.40. The van der Waals surface area contributed by atoms with Gasteiger partial charge in [-0.15, -0.1) is 0 Å². The van der Waals surface area contributed by atoms with Gasteiger partial charge in [0.2, 0.25) is 0 Å². The van der Waals surface area contributed by atoms with Gasteiger partial charge >= 0.3 is 0 Å². The molecular formula is C42H51BN2O2. The molecule has 7 rings (SSSR count). The average Bonchev–Trinajstić information content (AvgIpc) is 3.05. The molecule has 0 spiro atoms. The lowest BCUT2D eigenvalue weighted by molar-refractivity contribution is -0.0916. The summed E-state index contributed by atoms with van der Waals surface area (Å²) in [7, 11) is 0.524. The number of aliphatic hydroxyl groups is 1. The summed E-state index contributed by atoms with van der Waals surface area (Å²) in [6.45, 7) is 17.2. The fourth-order valence-corrected chi connectivity index (χ4v) is 8.72. The summed E-state index contributed by atoms with van der Waals surface area (Å²) >= 11 is 0. The second-order valence-corrected chi connectivity index (χ2v) is 16.2. The van der Waals surface area contributed by atoms with Gasteiger partial charge in [0.15, 0.2) is 0 Å². The largest absolute Gasteiger partial charge is 0.431 e. The van der Waals surface area contributed by atoms with Crippen molar-refractivity contribution in [1.82, 2.24) is 5.32 Å². The number of hydrogen-bond acceptors (Lipinski definition) is 4. The Labute approximate surface area is 282 Å². The van der Waals surface area contributed by atoms with E-state index in [2.05, 4.69) is 112 Å². The minimum atomic E-state index is -0.952. The molecule has 0 saturated heterocycles. The summed E-state index contributed by atoms with van der Waals surface area (Å²) in [4.78, 5) is 5.54. The third-order valence-corrected chi connectivity index (χ3v) is 12.3. The highest BCUT2D eigenvalue weighted by atomic mass is 16.5. The number of aliphatic imine (C=N–C) groups is 1. The van der Waals surface area contributed by atoms with Gasteiger partial charge in [0, 0.05) is 34.2 Å². The summed E-state index contributed by atoms with van der Waals surface area (Å²) in [5.41, 5.74) is 11.5. The second-order valence-electron chi connectivity index (χ2n) is 16.2. The molecule has 0 bridgehead atoms. The van der Waals surface area contributed by atoms with Gasteiger partial charge in [0.25, 0.3) is 7.48 Å². The van der Waals surface area contributed by atoms with Gasteiger partial charge in [0.05, 0.1) is 22.9 Å². The third kappa shape index (κ3) is 5.16. The standard InChI is InChI=1S/C42H51BN2O2/c1-26-34-35(27(2)42(8)36(26)31-21-15-16-22-32(31)45-38(42)29-19-13-10-14-20-29)30-23-24-41(7,43-47-40(5,6)39(3,4)46)25-33(30)44-37(34)28-17-11-9-12-18-28/h9,11-13,15-19,21-24,29,36-37,43-44,46H,10,14,20,25H2,1-8H3/t29?,36?,37?,41-,42?/m1/s1. The highest BCUT2D eigenvalue weighted by Crippen LogP contribution is 2.63. The summed E-state index contributed by atoms with van der Waals surface area (Å²) in [5, 5.41) is 14.7. The lowest BCUT2D eigenvalue weighted by Crippen LogP contribution is -2.49. The van der Waals surface area contributed by atoms with Gasteiger partial charge in [-0.2, -0.15) is 0 Å². The maximum atomic E-state index is 10.8. The van der Waals surface area contributed by atoms with Crippen molar-refractivity contribution in [1.29, 1.82) is 0 Å². The van der Waals surface area contributed by atoms with Crippen molar-refractivity contribution in [3.8, 4) is 0 Å². The Bertz CT molecular complexity index is 1790. The quantitative estimate of drug-likeness (QED) is 0.248. The number of para-hydroxylation sites is 1. The Hall–Kier alpha value is -3.41. The van der Waals surface area contributed by atoms with E-state index in [1.165, 1.54) is 56.8 Å². The second kappa shape index (κ2) is 11.3. The summed E-state index contributed by atoms with van der Waals surface area (Å²) in [6, 6.07) is 19.9. The van der Waals surface area contributed by atoms with E-state index in [-0.39, 0.29) is 22.7 Å². The first-order chi connectivity index (χ1) is 22.3. The van der Waals surface area contributed by atoms with Gasteiger partial charge in [-0.25, -0.2) is 0 Å². The molecule has 4 nitrogen and oxygen atoms in total. The van der Waals surface area contributed by atoms with Gasteiger partial charge in [-0.1, -0.05) is 90.9 Å². The zero-order chi connectivity index (χ0) is 33.4. The molecular weight excluding hydrogens is 575 g/mol. The summed E-state index contributed by atoms with van der Waals surface area (Å²) < 4.78 is 6.48. The van der Waals surface area contributed by atoms with Crippen LogP contribution < -0.4 is 5.32 Å². The molecule has 3 aliphatic carbocycles. The van der Waals surface area contributed by atoms with Crippen LogP contribution in [-0.2, 0) is 4.65 Å². The van der Waals surface area contributed by atoms with Crippen LogP contribution in [0.25, 0.3) is 0 Å². The van der Waals surface area contributed by atoms with Crippen LogP contribution in [0.3, 0.4) is 0 Å². The normalized spacial score (nSPS) is 30.2. The molecule has 0 amide bonds. The van der Waals surface area contributed by atoms with Crippen molar-refractivity contribution in [2.75, 3.05) is 0 Å². The molecule has 244 valence electrons. The van der Waals surface area contributed by atoms with Crippen molar-refractivity contribution in [2.24, 2.45) is 16.3 Å². The Morgan fingerprint density at radius 1 is 1.00 bits per heavy atom. The van der Waals surface area contributed by atoms with Crippen LogP contribution in [0.1, 0.15) is 104 Å². The minimum absolute atomic E-state index is 0.0398. The van der Waals surface area contributed by atoms with E-state index in [0.29, 0.717) is 13.4 Å². The Kier molecular flexibility index (Phi) is 7.76. The number of benzene rings is 2. The van der Waals surface area contributed by atoms with E-state index in [9.17, 15) is 5.11 Å². The first kappa shape index (κ1) is 32.2. The van der Waals surface area contributed by atoms with Crippen LogP contribution in [0.2, 0.25) is 5.31 Å². The van der Waals surface area contributed by atoms with E-state index in [1.807, 2.05) is 27.7 Å². The molecule has 0 radical (unpaired) electrons. The monoisotopic (exact) mass is 626 g/mol. The Morgan fingerprint density at radius 2 is 1.72 bits per heavy atom. The molecule has 5 aliphatic rings. The number of nitrogens with zero attached hydrogens (tertiary/aromatic N) is 1. The molecule has 5 atom stereocenters. The molecule has 2 aromatic rings. The van der Waals surface area contributed by atoms with Gasteiger partial charge < -0.3 is 15.1 Å². The fourth-order valence-electron chi connectivity index (χ4n) is 8.72. The molecule has 0 saturated carbocycles. The van der Waals surface area contributed by atoms with Crippen LogP contribution >= 0.6 is 0 Å². The molecule has 0 aromatic heterocycles. The number of fused-ring (bicyclic) bond motifs is 5. The predicted molar refractivity (Wildman–Crippen MR) is 196 cm³/mol. The van der Waals surface area contributed by atoms with Crippen LogP contribution in [0.5, 0.6) is 0 Å². The molecule has 2 heterocycles. The van der Waals surface area contributed by atoms with Crippen molar-refractivity contribution >= 4 is 18.9 Å². The molecule has 2 aliphatic heterocycles. The number of rotatable bonds is 6. The van der Waals surface area contributed by atoms with Crippen molar-refractivity contribution in [3.05, 3.63) is 124 Å². The number of nitrogens with one attached hydrogen (secondary N) is 1. The van der Waals surface area contributed by atoms with Crippen LogP contribution in [0.15, 0.2) is 117 Å². The first-order valence-electron chi connectivity index (χ1n) is 17.6. The van der Waals surface area contributed by atoms with E-state index >= 15 is 0 Å². The lowest BCUT2D eigenvalue weighted by Gasteiger charge is -2.53. The van der Waals surface area contributed by atoms with Crippen LogP contribution in [0.4, 0.5) is 5.69 Å². The fraction of sp³-hybridized carbons (Fsp3) is 0.452. The van der Waals surface area contributed by atoms with Gasteiger partial charge in [-0.05, 0) is 108 Å². The maximum absolute atomic E-state index is 10.8. The van der Waals surface area contributed by atoms with E-state index in [4.69, 9.17) is 9.65 Å².